The highest BCUT2D eigenvalue weighted by Crippen LogP contribution is 2.30. The average Bonchev–Trinajstić information content (AvgIpc) is 2.74. The molecule has 0 radical (unpaired) electrons. The SMILES string of the molecule is Cc1nn(CCNC(=O)[C@@H]2CCCC[C@H]2C(=O)O)c(C)c1Cl. The third-order valence-electron chi connectivity index (χ3n) is 4.34. The van der Waals surface area contributed by atoms with E-state index in [9.17, 15) is 14.7 Å². The molecule has 0 aromatic carbocycles. The van der Waals surface area contributed by atoms with Gasteiger partial charge in [0.2, 0.25) is 5.91 Å². The van der Waals surface area contributed by atoms with Crippen molar-refractivity contribution in [2.45, 2.75) is 46.1 Å². The highest BCUT2D eigenvalue weighted by Gasteiger charge is 2.35. The predicted octanol–water partition coefficient (Wildman–Crippen LogP) is 2.16. The number of amides is 1. The number of halogens is 1. The molecule has 22 heavy (non-hydrogen) atoms. The smallest absolute Gasteiger partial charge is 0.307 e. The monoisotopic (exact) mass is 327 g/mol. The summed E-state index contributed by atoms with van der Waals surface area (Å²) in [6.45, 7) is 4.66. The van der Waals surface area contributed by atoms with Crippen LogP contribution in [-0.4, -0.2) is 33.3 Å². The topological polar surface area (TPSA) is 84.2 Å². The number of carbonyl (C=O) groups is 2. The second-order valence-corrected chi connectivity index (χ2v) is 6.21. The molecule has 1 aliphatic rings. The van der Waals surface area contributed by atoms with Crippen molar-refractivity contribution >= 4 is 23.5 Å². The molecule has 0 aliphatic heterocycles. The Bertz CT molecular complexity index is 571. The molecule has 122 valence electrons. The minimum absolute atomic E-state index is 0.167. The fraction of sp³-hybridized carbons (Fsp3) is 0.667. The number of aryl methyl sites for hydroxylation is 1. The van der Waals surface area contributed by atoms with E-state index in [-0.39, 0.29) is 5.91 Å². The van der Waals surface area contributed by atoms with Crippen LogP contribution in [0, 0.1) is 25.7 Å². The van der Waals surface area contributed by atoms with Crippen molar-refractivity contribution in [2.24, 2.45) is 11.8 Å². The number of nitrogens with one attached hydrogen (secondary N) is 1. The van der Waals surface area contributed by atoms with Crippen molar-refractivity contribution in [1.29, 1.82) is 0 Å². The van der Waals surface area contributed by atoms with Crippen molar-refractivity contribution in [3.8, 4) is 0 Å². The number of hydrogen-bond donors (Lipinski definition) is 2. The van der Waals surface area contributed by atoms with Gasteiger partial charge in [0, 0.05) is 6.54 Å². The highest BCUT2D eigenvalue weighted by atomic mass is 35.5. The van der Waals surface area contributed by atoms with E-state index in [0.717, 1.165) is 24.2 Å². The second-order valence-electron chi connectivity index (χ2n) is 5.83. The summed E-state index contributed by atoms with van der Waals surface area (Å²) in [5, 5.41) is 17.0. The summed E-state index contributed by atoms with van der Waals surface area (Å²) in [4.78, 5) is 23.5. The van der Waals surface area contributed by atoms with Gasteiger partial charge in [-0.05, 0) is 26.7 Å². The van der Waals surface area contributed by atoms with Crippen LogP contribution in [0.4, 0.5) is 0 Å². The summed E-state index contributed by atoms with van der Waals surface area (Å²) < 4.78 is 1.76. The minimum atomic E-state index is -0.870. The third-order valence-corrected chi connectivity index (χ3v) is 4.88. The normalized spacial score (nSPS) is 21.6. The molecule has 0 bridgehead atoms. The molecule has 1 saturated carbocycles. The molecule has 7 heteroatoms. The van der Waals surface area contributed by atoms with Gasteiger partial charge >= 0.3 is 5.97 Å². The number of carboxylic acids is 1. The molecule has 1 amide bonds. The van der Waals surface area contributed by atoms with Crippen LogP contribution >= 0.6 is 11.6 Å². The highest BCUT2D eigenvalue weighted by molar-refractivity contribution is 6.31. The first-order valence-electron chi connectivity index (χ1n) is 7.62. The van der Waals surface area contributed by atoms with Crippen molar-refractivity contribution in [3.63, 3.8) is 0 Å². The number of hydrogen-bond acceptors (Lipinski definition) is 3. The van der Waals surface area contributed by atoms with E-state index in [1.54, 1.807) is 4.68 Å². The molecule has 0 unspecified atom stereocenters. The Hall–Kier alpha value is -1.56. The van der Waals surface area contributed by atoms with Gasteiger partial charge < -0.3 is 10.4 Å². The van der Waals surface area contributed by atoms with Gasteiger partial charge in [0.1, 0.15) is 0 Å². The standard InChI is InChI=1S/C15H22ClN3O3/c1-9-13(16)10(2)19(18-9)8-7-17-14(20)11-5-3-4-6-12(11)15(21)22/h11-12H,3-8H2,1-2H3,(H,17,20)(H,21,22)/t11-,12-/m1/s1. The largest absolute Gasteiger partial charge is 0.481 e. The average molecular weight is 328 g/mol. The number of carbonyl (C=O) groups excluding carboxylic acids is 1. The zero-order chi connectivity index (χ0) is 16.3. The quantitative estimate of drug-likeness (QED) is 0.868. The third kappa shape index (κ3) is 3.61. The molecule has 1 fully saturated rings. The van der Waals surface area contributed by atoms with Gasteiger partial charge in [-0.2, -0.15) is 5.10 Å². The molecule has 0 saturated heterocycles. The van der Waals surface area contributed by atoms with Crippen LogP contribution in [0.25, 0.3) is 0 Å². The van der Waals surface area contributed by atoms with Gasteiger partial charge in [0.25, 0.3) is 0 Å². The number of nitrogens with zero attached hydrogens (tertiary/aromatic N) is 2. The predicted molar refractivity (Wildman–Crippen MR) is 82.8 cm³/mol. The zero-order valence-electron chi connectivity index (χ0n) is 12.9. The van der Waals surface area contributed by atoms with Gasteiger partial charge in [0.05, 0.1) is 34.8 Å². The maximum atomic E-state index is 12.2. The van der Waals surface area contributed by atoms with E-state index >= 15 is 0 Å². The Morgan fingerprint density at radius 3 is 2.50 bits per heavy atom. The first kappa shape index (κ1) is 16.8. The van der Waals surface area contributed by atoms with Crippen LogP contribution in [0.1, 0.15) is 37.1 Å². The second kappa shape index (κ2) is 7.13. The Kier molecular flexibility index (Phi) is 5.45. The van der Waals surface area contributed by atoms with E-state index < -0.39 is 17.8 Å². The molecular weight excluding hydrogens is 306 g/mol. The molecule has 2 N–H and O–H groups in total. The van der Waals surface area contributed by atoms with Crippen LogP contribution in [0.5, 0.6) is 0 Å². The van der Waals surface area contributed by atoms with Crippen molar-refractivity contribution in [2.75, 3.05) is 6.54 Å². The molecule has 2 rings (SSSR count). The Balaban J connectivity index is 1.89. The number of carboxylic acid groups (broad SMARTS) is 1. The molecule has 1 aromatic rings. The van der Waals surface area contributed by atoms with Gasteiger partial charge in [0.15, 0.2) is 0 Å². The van der Waals surface area contributed by atoms with E-state index in [0.29, 0.717) is 31.0 Å². The Labute approximate surface area is 134 Å². The van der Waals surface area contributed by atoms with Gasteiger partial charge in [-0.15, -0.1) is 0 Å². The van der Waals surface area contributed by atoms with Crippen molar-refractivity contribution in [1.82, 2.24) is 15.1 Å². The molecule has 2 atom stereocenters. The van der Waals surface area contributed by atoms with Crippen LogP contribution in [0.15, 0.2) is 0 Å². The summed E-state index contributed by atoms with van der Waals surface area (Å²) in [5.74, 6) is -2.02. The van der Waals surface area contributed by atoms with Crippen LogP contribution < -0.4 is 5.32 Å². The first-order chi connectivity index (χ1) is 10.4. The first-order valence-corrected chi connectivity index (χ1v) is 7.99. The lowest BCUT2D eigenvalue weighted by Gasteiger charge is -2.27. The molecular formula is C15H22ClN3O3. The fourth-order valence-electron chi connectivity index (χ4n) is 3.05. The lowest BCUT2D eigenvalue weighted by Crippen LogP contribution is -2.40. The summed E-state index contributed by atoms with van der Waals surface area (Å²) in [5.41, 5.74) is 1.64. The summed E-state index contributed by atoms with van der Waals surface area (Å²) >= 11 is 6.08. The van der Waals surface area contributed by atoms with Crippen LogP contribution in [0.2, 0.25) is 5.02 Å². The maximum Gasteiger partial charge on any atom is 0.307 e. The van der Waals surface area contributed by atoms with Crippen LogP contribution in [-0.2, 0) is 16.1 Å². The number of aromatic nitrogens is 2. The van der Waals surface area contributed by atoms with E-state index in [4.69, 9.17) is 11.6 Å². The van der Waals surface area contributed by atoms with Crippen molar-refractivity contribution in [3.05, 3.63) is 16.4 Å². The maximum absolute atomic E-state index is 12.2. The fourth-order valence-corrected chi connectivity index (χ4v) is 3.18. The van der Waals surface area contributed by atoms with E-state index in [1.807, 2.05) is 13.8 Å². The van der Waals surface area contributed by atoms with Crippen LogP contribution in [0.3, 0.4) is 0 Å². The van der Waals surface area contributed by atoms with Crippen molar-refractivity contribution < 1.29 is 14.7 Å². The Morgan fingerprint density at radius 1 is 1.32 bits per heavy atom. The van der Waals surface area contributed by atoms with Gasteiger partial charge in [-0.3, -0.25) is 14.3 Å². The molecule has 6 nitrogen and oxygen atoms in total. The van der Waals surface area contributed by atoms with E-state index in [2.05, 4.69) is 10.4 Å². The Morgan fingerprint density at radius 2 is 1.95 bits per heavy atom. The minimum Gasteiger partial charge on any atom is -0.481 e. The molecule has 1 heterocycles. The lowest BCUT2D eigenvalue weighted by atomic mass is 9.79. The molecule has 0 spiro atoms. The summed E-state index contributed by atoms with van der Waals surface area (Å²) in [6, 6.07) is 0. The summed E-state index contributed by atoms with van der Waals surface area (Å²) in [7, 11) is 0. The lowest BCUT2D eigenvalue weighted by molar-refractivity contribution is -0.148. The summed E-state index contributed by atoms with van der Waals surface area (Å²) in [6.07, 6.45) is 3.02. The van der Waals surface area contributed by atoms with Gasteiger partial charge in [-0.25, -0.2) is 0 Å². The number of aliphatic carboxylic acids is 1. The van der Waals surface area contributed by atoms with Gasteiger partial charge in [-0.1, -0.05) is 24.4 Å². The van der Waals surface area contributed by atoms with E-state index in [1.165, 1.54) is 0 Å². The zero-order valence-corrected chi connectivity index (χ0v) is 13.7. The molecule has 1 aliphatic carbocycles. The molecule has 1 aromatic heterocycles. The number of rotatable bonds is 5.